The Hall–Kier alpha value is -2.50. The average Bonchev–Trinajstić information content (AvgIpc) is 2.97. The minimum Gasteiger partial charge on any atom is -0.494 e. The first-order valence-electron chi connectivity index (χ1n) is 10.7. The van der Waals surface area contributed by atoms with Gasteiger partial charge in [0, 0.05) is 29.1 Å². The molecule has 1 aliphatic rings. The molecule has 6 nitrogen and oxygen atoms in total. The van der Waals surface area contributed by atoms with Crippen LogP contribution in [0.15, 0.2) is 18.2 Å². The van der Waals surface area contributed by atoms with Gasteiger partial charge in [0.2, 0.25) is 5.91 Å². The highest BCUT2D eigenvalue weighted by Gasteiger charge is 2.23. The van der Waals surface area contributed by atoms with Gasteiger partial charge in [-0.2, -0.15) is 0 Å². The number of fused-ring (bicyclic) bond motifs is 1. The molecule has 6 heteroatoms. The number of rotatable bonds is 9. The molecule has 1 aromatic heterocycles. The summed E-state index contributed by atoms with van der Waals surface area (Å²) in [5, 5.41) is 1.04. The summed E-state index contributed by atoms with van der Waals surface area (Å²) in [7, 11) is 0. The fraction of sp³-hybridized carbons (Fsp3) is 0.565. The predicted molar refractivity (Wildman–Crippen MR) is 113 cm³/mol. The lowest BCUT2D eigenvalue weighted by Gasteiger charge is -2.26. The Kier molecular flexibility index (Phi) is 7.18. The predicted octanol–water partition coefficient (Wildman–Crippen LogP) is 4.20. The summed E-state index contributed by atoms with van der Waals surface area (Å²) in [6.07, 6.45) is 7.32. The molecule has 1 aromatic carbocycles. The van der Waals surface area contributed by atoms with Crippen LogP contribution >= 0.6 is 0 Å². The summed E-state index contributed by atoms with van der Waals surface area (Å²) in [6, 6.07) is 6.54. The van der Waals surface area contributed by atoms with Crippen molar-refractivity contribution < 1.29 is 19.1 Å². The summed E-state index contributed by atoms with van der Waals surface area (Å²) >= 11 is 0. The van der Waals surface area contributed by atoms with Crippen LogP contribution in [0.4, 0.5) is 0 Å². The van der Waals surface area contributed by atoms with E-state index in [4.69, 9.17) is 15.2 Å². The first-order valence-corrected chi connectivity index (χ1v) is 10.7. The third-order valence-electron chi connectivity index (χ3n) is 5.74. The van der Waals surface area contributed by atoms with E-state index in [9.17, 15) is 9.59 Å². The highest BCUT2D eigenvalue weighted by molar-refractivity contribution is 5.91. The molecule has 0 atom stereocenters. The topological polar surface area (TPSA) is 83.6 Å². The maximum atomic E-state index is 11.7. The lowest BCUT2D eigenvalue weighted by atomic mass is 9.95. The molecule has 2 N–H and O–H groups in total. The maximum absolute atomic E-state index is 11.7. The van der Waals surface area contributed by atoms with Gasteiger partial charge in [-0.3, -0.25) is 9.59 Å². The second-order valence-corrected chi connectivity index (χ2v) is 7.80. The molecule has 0 saturated heterocycles. The summed E-state index contributed by atoms with van der Waals surface area (Å²) in [4.78, 5) is 23.1. The van der Waals surface area contributed by atoms with Crippen molar-refractivity contribution in [1.29, 1.82) is 0 Å². The SMILES string of the molecule is CCOC(=O)CCCOc1ccc2c(c1)c(CC(N)=O)c(C)n2C1CCCCC1. The summed E-state index contributed by atoms with van der Waals surface area (Å²) in [5.74, 6) is 0.222. The van der Waals surface area contributed by atoms with Gasteiger partial charge in [0.05, 0.1) is 19.6 Å². The van der Waals surface area contributed by atoms with Crippen LogP contribution in [0, 0.1) is 6.92 Å². The highest BCUT2D eigenvalue weighted by atomic mass is 16.5. The van der Waals surface area contributed by atoms with Crippen LogP contribution < -0.4 is 10.5 Å². The van der Waals surface area contributed by atoms with Gasteiger partial charge in [0.15, 0.2) is 0 Å². The molecule has 1 amide bonds. The monoisotopic (exact) mass is 400 g/mol. The zero-order valence-electron chi connectivity index (χ0n) is 17.5. The van der Waals surface area contributed by atoms with Crippen molar-refractivity contribution in [2.24, 2.45) is 5.73 Å². The molecule has 1 fully saturated rings. The molecule has 158 valence electrons. The first kappa shape index (κ1) is 21.2. The van der Waals surface area contributed by atoms with Crippen LogP contribution in [0.25, 0.3) is 10.9 Å². The van der Waals surface area contributed by atoms with E-state index < -0.39 is 0 Å². The van der Waals surface area contributed by atoms with E-state index in [1.807, 2.05) is 12.1 Å². The summed E-state index contributed by atoms with van der Waals surface area (Å²) in [6.45, 7) is 4.73. The van der Waals surface area contributed by atoms with Gasteiger partial charge >= 0.3 is 5.97 Å². The number of benzene rings is 1. The van der Waals surface area contributed by atoms with Crippen LogP contribution in [0.1, 0.15) is 69.2 Å². The van der Waals surface area contributed by atoms with Crippen LogP contribution in [-0.4, -0.2) is 29.7 Å². The van der Waals surface area contributed by atoms with E-state index >= 15 is 0 Å². The molecule has 2 aromatic rings. The maximum Gasteiger partial charge on any atom is 0.305 e. The standard InChI is InChI=1S/C23H32N2O4/c1-3-28-23(27)10-7-13-29-18-11-12-21-20(14-18)19(15-22(24)26)16(2)25(21)17-8-5-4-6-9-17/h11-12,14,17H,3-10,13,15H2,1-2H3,(H2,24,26). The number of carbonyl (C=O) groups excluding carboxylic acids is 2. The normalized spacial score (nSPS) is 14.8. The van der Waals surface area contributed by atoms with Gasteiger partial charge in [-0.25, -0.2) is 0 Å². The number of esters is 1. The number of aromatic nitrogens is 1. The quantitative estimate of drug-likeness (QED) is 0.505. The molecular weight excluding hydrogens is 368 g/mol. The number of nitrogens with two attached hydrogens (primary N) is 1. The van der Waals surface area contributed by atoms with Gasteiger partial charge in [-0.1, -0.05) is 19.3 Å². The zero-order chi connectivity index (χ0) is 20.8. The van der Waals surface area contributed by atoms with E-state index in [0.717, 1.165) is 27.9 Å². The molecule has 0 spiro atoms. The van der Waals surface area contributed by atoms with E-state index in [0.29, 0.717) is 32.1 Å². The largest absolute Gasteiger partial charge is 0.494 e. The molecule has 29 heavy (non-hydrogen) atoms. The first-order chi connectivity index (χ1) is 14.0. The number of amides is 1. The Bertz CT molecular complexity index is 865. The molecule has 1 heterocycles. The van der Waals surface area contributed by atoms with Gasteiger partial charge in [-0.15, -0.1) is 0 Å². The van der Waals surface area contributed by atoms with Crippen LogP contribution in [0.2, 0.25) is 0 Å². The van der Waals surface area contributed by atoms with E-state index in [1.165, 1.54) is 32.1 Å². The Morgan fingerprint density at radius 2 is 1.97 bits per heavy atom. The van der Waals surface area contributed by atoms with Gasteiger partial charge in [-0.05, 0) is 56.9 Å². The van der Waals surface area contributed by atoms with Crippen molar-refractivity contribution in [1.82, 2.24) is 4.57 Å². The van der Waals surface area contributed by atoms with E-state index in [1.54, 1.807) is 6.92 Å². The highest BCUT2D eigenvalue weighted by Crippen LogP contribution is 2.37. The zero-order valence-corrected chi connectivity index (χ0v) is 17.5. The molecule has 0 bridgehead atoms. The molecule has 0 radical (unpaired) electrons. The van der Waals surface area contributed by atoms with Crippen LogP contribution in [0.5, 0.6) is 5.75 Å². The van der Waals surface area contributed by atoms with Crippen molar-refractivity contribution >= 4 is 22.8 Å². The molecule has 0 unspecified atom stereocenters. The lowest BCUT2D eigenvalue weighted by Crippen LogP contribution is -2.16. The van der Waals surface area contributed by atoms with E-state index in [2.05, 4.69) is 17.6 Å². The van der Waals surface area contributed by atoms with Crippen LogP contribution in [-0.2, 0) is 20.7 Å². The van der Waals surface area contributed by atoms with Gasteiger partial charge < -0.3 is 19.8 Å². The molecule has 1 aliphatic carbocycles. The van der Waals surface area contributed by atoms with Crippen molar-refractivity contribution in [3.63, 3.8) is 0 Å². The third-order valence-corrected chi connectivity index (χ3v) is 5.74. The Labute approximate surface area is 172 Å². The number of hydrogen-bond acceptors (Lipinski definition) is 4. The van der Waals surface area contributed by atoms with Gasteiger partial charge in [0.25, 0.3) is 0 Å². The van der Waals surface area contributed by atoms with Crippen molar-refractivity contribution in [2.75, 3.05) is 13.2 Å². The lowest BCUT2D eigenvalue weighted by molar-refractivity contribution is -0.143. The fourth-order valence-corrected chi connectivity index (χ4v) is 4.42. The minimum atomic E-state index is -0.323. The third kappa shape index (κ3) is 5.11. The van der Waals surface area contributed by atoms with Gasteiger partial charge in [0.1, 0.15) is 5.75 Å². The average molecular weight is 401 g/mol. The number of carbonyl (C=O) groups is 2. The number of primary amides is 1. The number of nitrogens with zero attached hydrogens (tertiary/aromatic N) is 1. The minimum absolute atomic E-state index is 0.199. The Morgan fingerprint density at radius 1 is 1.21 bits per heavy atom. The second-order valence-electron chi connectivity index (χ2n) is 7.80. The number of ether oxygens (including phenoxy) is 2. The number of hydrogen-bond donors (Lipinski definition) is 1. The molecule has 0 aliphatic heterocycles. The molecular formula is C23H32N2O4. The Balaban J connectivity index is 1.82. The summed E-state index contributed by atoms with van der Waals surface area (Å²) in [5.41, 5.74) is 8.81. The summed E-state index contributed by atoms with van der Waals surface area (Å²) < 4.78 is 13.2. The fourth-order valence-electron chi connectivity index (χ4n) is 4.42. The smallest absolute Gasteiger partial charge is 0.305 e. The molecule has 1 saturated carbocycles. The van der Waals surface area contributed by atoms with Crippen LogP contribution in [0.3, 0.4) is 0 Å². The van der Waals surface area contributed by atoms with Crippen molar-refractivity contribution in [3.05, 3.63) is 29.5 Å². The van der Waals surface area contributed by atoms with Crippen molar-refractivity contribution in [2.45, 2.75) is 71.3 Å². The molecule has 3 rings (SSSR count). The van der Waals surface area contributed by atoms with Crippen molar-refractivity contribution in [3.8, 4) is 5.75 Å². The van der Waals surface area contributed by atoms with E-state index in [-0.39, 0.29) is 18.3 Å². The Morgan fingerprint density at radius 3 is 2.66 bits per heavy atom. The second kappa shape index (κ2) is 9.81.